The van der Waals surface area contributed by atoms with Crippen LogP contribution in [0.4, 0.5) is 0 Å². The quantitative estimate of drug-likeness (QED) is 0.539. The minimum Gasteiger partial charge on any atom is -0.424 e. The molecule has 3 N–H and O–H groups in total. The minimum atomic E-state index is -0.838. The van der Waals surface area contributed by atoms with Crippen molar-refractivity contribution in [2.45, 2.75) is 51.2 Å². The van der Waals surface area contributed by atoms with Crippen LogP contribution in [-0.2, 0) is 37.5 Å². The minimum absolute atomic E-state index is 0. The second kappa shape index (κ2) is 10.2. The number of hydrogen-bond donors (Lipinski definition) is 2. The molecule has 2 atom stereocenters. The zero-order chi connectivity index (χ0) is 10.3. The number of rotatable bonds is 7. The molecule has 0 heterocycles. The smallest absolute Gasteiger partial charge is 0.134 e. The first-order valence-electron chi connectivity index (χ1n) is 4.86. The third-order valence-corrected chi connectivity index (χ3v) is 2.02. The summed E-state index contributed by atoms with van der Waals surface area (Å²) in [6, 6.07) is -0.505. The first-order valence-corrected chi connectivity index (χ1v) is 4.86. The molecule has 3 nitrogen and oxygen atoms in total. The van der Waals surface area contributed by atoms with E-state index in [1.165, 1.54) is 0 Å². The van der Waals surface area contributed by atoms with Gasteiger partial charge in [0.2, 0.25) is 0 Å². The molecule has 81 valence electrons. The van der Waals surface area contributed by atoms with Crippen molar-refractivity contribution < 1.29 is 42.6 Å². The van der Waals surface area contributed by atoms with Crippen LogP contribution in [0.3, 0.4) is 0 Å². The van der Waals surface area contributed by atoms with E-state index in [4.69, 9.17) is 10.8 Å². The molecule has 0 aromatic rings. The van der Waals surface area contributed by atoms with E-state index in [0.717, 1.165) is 19.3 Å². The number of aliphatic hydroxyl groups excluding tert-OH is 1. The maximum absolute atomic E-state index is 11.2. The largest absolute Gasteiger partial charge is 0.424 e. The maximum Gasteiger partial charge on any atom is 0.134 e. The van der Waals surface area contributed by atoms with Gasteiger partial charge in [-0.05, 0) is 6.42 Å². The van der Waals surface area contributed by atoms with E-state index in [1.54, 1.807) is 0 Å². The third-order valence-electron chi connectivity index (χ3n) is 2.02. The molecule has 2 unspecified atom stereocenters. The molecule has 0 spiro atoms. The van der Waals surface area contributed by atoms with Gasteiger partial charge in [-0.25, -0.2) is 0 Å². The molecule has 0 rings (SSSR count). The Hall–Kier alpha value is 0.694. The molecule has 1 radical (unpaired) electrons. The molecule has 0 aromatic carbocycles. The zero-order valence-corrected chi connectivity index (χ0v) is 11.7. The summed E-state index contributed by atoms with van der Waals surface area (Å²) in [7, 11) is 0. The summed E-state index contributed by atoms with van der Waals surface area (Å²) in [5.74, 6) is 0.128. The van der Waals surface area contributed by atoms with Gasteiger partial charge >= 0.3 is 0 Å². The van der Waals surface area contributed by atoms with Crippen LogP contribution in [0, 0.1) is 6.92 Å². The predicted octanol–water partition coefficient (Wildman–Crippen LogP) is 1.05. The zero-order valence-electron chi connectivity index (χ0n) is 8.91. The Balaban J connectivity index is 0. The molecular weight excluding hydrogens is 255 g/mol. The summed E-state index contributed by atoms with van der Waals surface area (Å²) in [6.07, 6.45) is 3.10. The van der Waals surface area contributed by atoms with Crippen LogP contribution in [0.1, 0.15) is 39.0 Å². The van der Waals surface area contributed by atoms with Gasteiger partial charge in [0.15, 0.2) is 0 Å². The van der Waals surface area contributed by atoms with Gasteiger partial charge in [0.25, 0.3) is 0 Å². The van der Waals surface area contributed by atoms with Gasteiger partial charge in [-0.3, -0.25) is 4.79 Å². The summed E-state index contributed by atoms with van der Waals surface area (Å²) < 4.78 is 0. The molecular formula is C10H20NO2Y-. The Kier molecular flexibility index (Phi) is 12.5. The Morgan fingerprint density at radius 1 is 1.50 bits per heavy atom. The average Bonchev–Trinajstić information content (AvgIpc) is 2.04. The fourth-order valence-electron chi connectivity index (χ4n) is 1.07. The number of carbonyl (C=O) groups excluding carboxylic acids is 1. The van der Waals surface area contributed by atoms with Gasteiger partial charge in [-0.1, -0.05) is 25.9 Å². The van der Waals surface area contributed by atoms with Gasteiger partial charge in [0.05, 0.1) is 0 Å². The first kappa shape index (κ1) is 17.1. The number of Topliss-reactive ketones (excluding diaryl/α,β-unsaturated/α-hetero) is 1. The van der Waals surface area contributed by atoms with Gasteiger partial charge in [0.1, 0.15) is 5.78 Å². The van der Waals surface area contributed by atoms with E-state index in [-0.39, 0.29) is 44.9 Å². The van der Waals surface area contributed by atoms with Crippen LogP contribution in [0.25, 0.3) is 0 Å². The molecule has 0 aromatic heterocycles. The van der Waals surface area contributed by atoms with Gasteiger partial charge in [-0.15, -0.1) is 0 Å². The van der Waals surface area contributed by atoms with E-state index in [0.29, 0.717) is 6.42 Å². The Bertz CT molecular complexity index is 151. The molecule has 0 saturated carbocycles. The summed E-state index contributed by atoms with van der Waals surface area (Å²) in [5, 5.41) is 8.95. The van der Waals surface area contributed by atoms with Crippen molar-refractivity contribution in [2.24, 2.45) is 5.73 Å². The number of unbranched alkanes of at least 4 members (excludes halogenated alkanes) is 2. The molecule has 4 heteroatoms. The summed E-state index contributed by atoms with van der Waals surface area (Å²) in [4.78, 5) is 11.2. The van der Waals surface area contributed by atoms with Crippen LogP contribution >= 0.6 is 0 Å². The standard InChI is InChI=1S/C10H20NO2.Y/c1-3-4-5-6-9(13)7-10(11)8(2)12;/h8,10,12H,2-7,11H2,1H3;/q-1;. The van der Waals surface area contributed by atoms with E-state index in [2.05, 4.69) is 13.8 Å². The first-order chi connectivity index (χ1) is 6.07. The maximum atomic E-state index is 11.2. The van der Waals surface area contributed by atoms with Gasteiger partial charge < -0.3 is 17.8 Å². The van der Waals surface area contributed by atoms with Crippen LogP contribution in [0.15, 0.2) is 0 Å². The van der Waals surface area contributed by atoms with Crippen LogP contribution in [-0.4, -0.2) is 23.0 Å². The number of carbonyl (C=O) groups is 1. The third kappa shape index (κ3) is 9.26. The SMILES string of the molecule is [CH2-]C(O)C(N)CC(=O)CCCCC.[Y]. The van der Waals surface area contributed by atoms with E-state index < -0.39 is 12.1 Å². The summed E-state index contributed by atoms with van der Waals surface area (Å²) in [6.45, 7) is 5.46. The predicted molar refractivity (Wildman–Crippen MR) is 53.1 cm³/mol. The van der Waals surface area contributed by atoms with Crippen LogP contribution in [0.5, 0.6) is 0 Å². The molecule has 0 aliphatic carbocycles. The number of nitrogens with two attached hydrogens (primary N) is 1. The Morgan fingerprint density at radius 3 is 2.50 bits per heavy atom. The topological polar surface area (TPSA) is 63.3 Å². The van der Waals surface area contributed by atoms with Crippen molar-refractivity contribution in [1.82, 2.24) is 0 Å². The molecule has 0 aliphatic rings. The monoisotopic (exact) mass is 275 g/mol. The van der Waals surface area contributed by atoms with Crippen molar-refractivity contribution in [2.75, 3.05) is 0 Å². The second-order valence-corrected chi connectivity index (χ2v) is 3.43. The number of aliphatic hydroxyl groups is 1. The molecule has 0 bridgehead atoms. The van der Waals surface area contributed by atoms with Crippen molar-refractivity contribution >= 4 is 5.78 Å². The Labute approximate surface area is 112 Å². The van der Waals surface area contributed by atoms with E-state index >= 15 is 0 Å². The van der Waals surface area contributed by atoms with Crippen molar-refractivity contribution in [3.8, 4) is 0 Å². The molecule has 0 fully saturated rings. The number of hydrogen-bond acceptors (Lipinski definition) is 3. The van der Waals surface area contributed by atoms with Crippen molar-refractivity contribution in [1.29, 1.82) is 0 Å². The number of ketones is 1. The summed E-state index contributed by atoms with van der Waals surface area (Å²) in [5.41, 5.74) is 5.49. The Morgan fingerprint density at radius 2 is 2.07 bits per heavy atom. The van der Waals surface area contributed by atoms with Gasteiger partial charge in [0, 0.05) is 51.6 Å². The fourth-order valence-corrected chi connectivity index (χ4v) is 1.07. The van der Waals surface area contributed by atoms with Crippen molar-refractivity contribution in [3.05, 3.63) is 6.92 Å². The van der Waals surface area contributed by atoms with Gasteiger partial charge in [-0.2, -0.15) is 0 Å². The molecule has 14 heavy (non-hydrogen) atoms. The molecule has 0 amide bonds. The van der Waals surface area contributed by atoms with E-state index in [1.807, 2.05) is 0 Å². The fraction of sp³-hybridized carbons (Fsp3) is 0.800. The molecule has 0 aliphatic heterocycles. The summed E-state index contributed by atoms with van der Waals surface area (Å²) >= 11 is 0. The van der Waals surface area contributed by atoms with Crippen LogP contribution in [0.2, 0.25) is 0 Å². The normalized spacial score (nSPS) is 14.3. The van der Waals surface area contributed by atoms with E-state index in [9.17, 15) is 4.79 Å². The molecule has 0 saturated heterocycles. The average molecular weight is 275 g/mol. The van der Waals surface area contributed by atoms with Crippen LogP contribution < -0.4 is 5.73 Å². The second-order valence-electron chi connectivity index (χ2n) is 3.43. The van der Waals surface area contributed by atoms with Crippen molar-refractivity contribution in [3.63, 3.8) is 0 Å².